The van der Waals surface area contributed by atoms with Crippen LogP contribution in [0.25, 0.3) is 0 Å². The molecule has 1 rings (SSSR count). The molecule has 1 aromatic rings. The first-order valence-electron chi connectivity index (χ1n) is 6.22. The molecule has 0 spiro atoms. The van der Waals surface area contributed by atoms with Gasteiger partial charge in [0.2, 0.25) is 5.91 Å². The molecule has 98 valence electrons. The number of nitrogens with zero attached hydrogens (tertiary/aromatic N) is 1. The summed E-state index contributed by atoms with van der Waals surface area (Å²) in [6.07, 6.45) is 3.68. The fraction of sp³-hybridized carbons (Fsp3) is 0.429. The van der Waals surface area contributed by atoms with Crippen LogP contribution in [-0.2, 0) is 4.79 Å². The van der Waals surface area contributed by atoms with Gasteiger partial charge in [-0.1, -0.05) is 47.8 Å². The largest absolute Gasteiger partial charge is 0.273 e. The molecule has 1 aromatic carbocycles. The van der Waals surface area contributed by atoms with Gasteiger partial charge in [0.1, 0.15) is 0 Å². The van der Waals surface area contributed by atoms with E-state index in [1.165, 1.54) is 0 Å². The second-order valence-corrected chi connectivity index (χ2v) is 5.11. The Kier molecular flexibility index (Phi) is 6.65. The molecule has 0 aliphatic carbocycles. The van der Waals surface area contributed by atoms with E-state index in [0.29, 0.717) is 6.42 Å². The third-order valence-corrected chi connectivity index (χ3v) is 3.15. The van der Waals surface area contributed by atoms with Gasteiger partial charge in [0.15, 0.2) is 0 Å². The highest BCUT2D eigenvalue weighted by Gasteiger charge is 2.01. The summed E-state index contributed by atoms with van der Waals surface area (Å²) in [5.74, 6) is -0.0140. The van der Waals surface area contributed by atoms with Gasteiger partial charge in [0, 0.05) is 10.9 Å². The molecule has 3 nitrogen and oxygen atoms in total. The predicted octanol–water partition coefficient (Wildman–Crippen LogP) is 3.87. The van der Waals surface area contributed by atoms with Crippen LogP contribution in [-0.4, -0.2) is 11.6 Å². The number of nitrogens with one attached hydrogen (secondary N) is 1. The van der Waals surface area contributed by atoms with Crippen molar-refractivity contribution in [3.05, 3.63) is 34.3 Å². The molecule has 4 heteroatoms. The second kappa shape index (κ2) is 8.03. The van der Waals surface area contributed by atoms with E-state index in [1.54, 1.807) is 0 Å². The normalized spacial score (nSPS) is 11.4. The number of hydrogen-bond donors (Lipinski definition) is 1. The van der Waals surface area contributed by atoms with Crippen molar-refractivity contribution >= 4 is 27.5 Å². The standard InChI is InChI=1S/C14H19BrN2O/c1-3-4-5-6-14(18)17-16-11(2)12-7-9-13(15)10-8-12/h7-10H,3-6H2,1-2H3,(H,17,18). The summed E-state index contributed by atoms with van der Waals surface area (Å²) in [5, 5.41) is 4.10. The van der Waals surface area contributed by atoms with E-state index in [4.69, 9.17) is 0 Å². The number of benzene rings is 1. The van der Waals surface area contributed by atoms with E-state index in [1.807, 2.05) is 31.2 Å². The van der Waals surface area contributed by atoms with Gasteiger partial charge in [-0.25, -0.2) is 5.43 Å². The molecule has 0 fully saturated rings. The Bertz CT molecular complexity index is 412. The molecule has 0 atom stereocenters. The Morgan fingerprint density at radius 1 is 1.28 bits per heavy atom. The fourth-order valence-electron chi connectivity index (χ4n) is 1.49. The number of hydrogen-bond acceptors (Lipinski definition) is 2. The first-order valence-corrected chi connectivity index (χ1v) is 7.02. The zero-order valence-electron chi connectivity index (χ0n) is 10.9. The lowest BCUT2D eigenvalue weighted by molar-refractivity contribution is -0.121. The van der Waals surface area contributed by atoms with Crippen molar-refractivity contribution in [1.82, 2.24) is 5.43 Å². The highest BCUT2D eigenvalue weighted by atomic mass is 79.9. The average molecular weight is 311 g/mol. The maximum Gasteiger partial charge on any atom is 0.240 e. The van der Waals surface area contributed by atoms with Crippen molar-refractivity contribution in [1.29, 1.82) is 0 Å². The fourth-order valence-corrected chi connectivity index (χ4v) is 1.76. The summed E-state index contributed by atoms with van der Waals surface area (Å²) in [5.41, 5.74) is 4.41. The first-order chi connectivity index (χ1) is 8.63. The minimum absolute atomic E-state index is 0.0140. The van der Waals surface area contributed by atoms with Crippen LogP contribution in [0, 0.1) is 0 Å². The van der Waals surface area contributed by atoms with Crippen LogP contribution < -0.4 is 5.43 Å². The van der Waals surface area contributed by atoms with Gasteiger partial charge < -0.3 is 0 Å². The number of unbranched alkanes of at least 4 members (excludes halogenated alkanes) is 2. The van der Waals surface area contributed by atoms with E-state index < -0.39 is 0 Å². The zero-order chi connectivity index (χ0) is 13.4. The Labute approximate surface area is 117 Å². The van der Waals surface area contributed by atoms with Gasteiger partial charge in [-0.2, -0.15) is 5.10 Å². The molecule has 0 aliphatic rings. The average Bonchev–Trinajstić information content (AvgIpc) is 2.37. The number of carbonyl (C=O) groups is 1. The monoisotopic (exact) mass is 310 g/mol. The topological polar surface area (TPSA) is 41.5 Å². The van der Waals surface area contributed by atoms with Gasteiger partial charge in [0.05, 0.1) is 5.71 Å². The number of carbonyl (C=O) groups excluding carboxylic acids is 1. The van der Waals surface area contributed by atoms with Crippen molar-refractivity contribution in [3.63, 3.8) is 0 Å². The number of halogens is 1. The van der Waals surface area contributed by atoms with Crippen LogP contribution in [0.2, 0.25) is 0 Å². The first kappa shape index (κ1) is 14.9. The van der Waals surface area contributed by atoms with E-state index in [2.05, 4.69) is 33.4 Å². The van der Waals surface area contributed by atoms with Crippen LogP contribution in [0.15, 0.2) is 33.8 Å². The number of hydrazone groups is 1. The van der Waals surface area contributed by atoms with Crippen LogP contribution in [0.4, 0.5) is 0 Å². The minimum Gasteiger partial charge on any atom is -0.273 e. The van der Waals surface area contributed by atoms with Gasteiger partial charge in [-0.3, -0.25) is 4.79 Å². The minimum atomic E-state index is -0.0140. The summed E-state index contributed by atoms with van der Waals surface area (Å²) in [6, 6.07) is 7.84. The van der Waals surface area contributed by atoms with Crippen molar-refractivity contribution in [2.45, 2.75) is 39.5 Å². The molecule has 0 unspecified atom stereocenters. The van der Waals surface area contributed by atoms with Crippen LogP contribution >= 0.6 is 15.9 Å². The molecule has 0 saturated carbocycles. The molecule has 0 saturated heterocycles. The highest BCUT2D eigenvalue weighted by molar-refractivity contribution is 9.10. The lowest BCUT2D eigenvalue weighted by atomic mass is 10.1. The third-order valence-electron chi connectivity index (χ3n) is 2.62. The van der Waals surface area contributed by atoms with Crippen molar-refractivity contribution in [3.8, 4) is 0 Å². The summed E-state index contributed by atoms with van der Waals surface area (Å²) in [6.45, 7) is 4.00. The molecule has 0 aliphatic heterocycles. The molecule has 1 amide bonds. The molecular weight excluding hydrogens is 292 g/mol. The Balaban J connectivity index is 2.46. The van der Waals surface area contributed by atoms with E-state index in [-0.39, 0.29) is 5.91 Å². The van der Waals surface area contributed by atoms with Crippen LogP contribution in [0.1, 0.15) is 45.1 Å². The smallest absolute Gasteiger partial charge is 0.240 e. The highest BCUT2D eigenvalue weighted by Crippen LogP contribution is 2.11. The Morgan fingerprint density at radius 2 is 1.94 bits per heavy atom. The SMILES string of the molecule is CCCCCC(=O)NN=C(C)c1ccc(Br)cc1. The van der Waals surface area contributed by atoms with Gasteiger partial charge in [-0.05, 0) is 31.0 Å². The van der Waals surface area contributed by atoms with Crippen LogP contribution in [0.3, 0.4) is 0 Å². The summed E-state index contributed by atoms with van der Waals surface area (Å²) < 4.78 is 1.03. The maximum atomic E-state index is 11.5. The maximum absolute atomic E-state index is 11.5. The lowest BCUT2D eigenvalue weighted by Gasteiger charge is -2.03. The van der Waals surface area contributed by atoms with Crippen molar-refractivity contribution in [2.24, 2.45) is 5.10 Å². The quantitative estimate of drug-likeness (QED) is 0.484. The van der Waals surface area contributed by atoms with Crippen molar-refractivity contribution in [2.75, 3.05) is 0 Å². The lowest BCUT2D eigenvalue weighted by Crippen LogP contribution is -2.18. The molecule has 18 heavy (non-hydrogen) atoms. The molecule has 0 bridgehead atoms. The summed E-state index contributed by atoms with van der Waals surface area (Å²) in [7, 11) is 0. The Hall–Kier alpha value is -1.16. The van der Waals surface area contributed by atoms with E-state index >= 15 is 0 Å². The molecule has 0 radical (unpaired) electrons. The summed E-state index contributed by atoms with van der Waals surface area (Å²) >= 11 is 3.38. The van der Waals surface area contributed by atoms with E-state index in [9.17, 15) is 4.79 Å². The van der Waals surface area contributed by atoms with Gasteiger partial charge >= 0.3 is 0 Å². The van der Waals surface area contributed by atoms with Gasteiger partial charge in [-0.15, -0.1) is 0 Å². The third kappa shape index (κ3) is 5.45. The van der Waals surface area contributed by atoms with Crippen LogP contribution in [0.5, 0.6) is 0 Å². The number of rotatable bonds is 6. The summed E-state index contributed by atoms with van der Waals surface area (Å²) in [4.78, 5) is 11.5. The molecule has 0 heterocycles. The Morgan fingerprint density at radius 3 is 2.56 bits per heavy atom. The molecule has 1 N–H and O–H groups in total. The number of amides is 1. The molecular formula is C14H19BrN2O. The molecule has 0 aromatic heterocycles. The van der Waals surface area contributed by atoms with Crippen molar-refractivity contribution < 1.29 is 4.79 Å². The predicted molar refractivity (Wildman–Crippen MR) is 78.6 cm³/mol. The van der Waals surface area contributed by atoms with Gasteiger partial charge in [0.25, 0.3) is 0 Å². The van der Waals surface area contributed by atoms with E-state index in [0.717, 1.165) is 35.0 Å². The second-order valence-electron chi connectivity index (χ2n) is 4.20. The zero-order valence-corrected chi connectivity index (χ0v) is 12.5.